The van der Waals surface area contributed by atoms with Crippen LogP contribution in [0.1, 0.15) is 17.0 Å². The zero-order valence-electron chi connectivity index (χ0n) is 10.0. The Morgan fingerprint density at radius 1 is 1.35 bits per heavy atom. The van der Waals surface area contributed by atoms with Crippen LogP contribution in [0.25, 0.3) is 0 Å². The first-order valence-electron chi connectivity index (χ1n) is 5.47. The average Bonchev–Trinajstić information content (AvgIpc) is 2.91. The maximum Gasteiger partial charge on any atom is 0.177 e. The van der Waals surface area contributed by atoms with Gasteiger partial charge in [-0.05, 0) is 28.9 Å². The van der Waals surface area contributed by atoms with Crippen molar-refractivity contribution in [1.29, 1.82) is 0 Å². The minimum Gasteiger partial charge on any atom is -0.390 e. The number of halogens is 2. The van der Waals surface area contributed by atoms with E-state index in [1.807, 2.05) is 5.48 Å². The van der Waals surface area contributed by atoms with Gasteiger partial charge >= 0.3 is 0 Å². The lowest BCUT2D eigenvalue weighted by Gasteiger charge is -2.04. The summed E-state index contributed by atoms with van der Waals surface area (Å²) in [6.45, 7) is -0.239. The molecule has 0 spiro atoms. The Bertz CT molecular complexity index is 630. The Morgan fingerprint density at radius 3 is 2.85 bits per heavy atom. The lowest BCUT2D eigenvalue weighted by Crippen LogP contribution is -2.22. The number of aliphatic hydroxyl groups is 1. The predicted molar refractivity (Wildman–Crippen MR) is 71.8 cm³/mol. The van der Waals surface area contributed by atoms with E-state index in [0.717, 1.165) is 0 Å². The number of rotatable bonds is 4. The fourth-order valence-corrected chi connectivity index (χ4v) is 1.85. The summed E-state index contributed by atoms with van der Waals surface area (Å²) in [5.41, 5.74) is 2.83. The molecular weight excluding hydrogens is 307 g/mol. The molecule has 2 rings (SSSR count). The number of aliphatic imine (C=N–C) groups is 1. The first-order chi connectivity index (χ1) is 9.65. The van der Waals surface area contributed by atoms with Crippen LogP contribution in [0.3, 0.4) is 0 Å². The van der Waals surface area contributed by atoms with E-state index in [-0.39, 0.29) is 23.8 Å². The molecule has 0 radical (unpaired) electrons. The zero-order chi connectivity index (χ0) is 14.5. The van der Waals surface area contributed by atoms with E-state index in [1.165, 1.54) is 0 Å². The highest BCUT2D eigenvalue weighted by Crippen LogP contribution is 2.21. The third-order valence-electron chi connectivity index (χ3n) is 2.45. The number of nitrogens with one attached hydrogen (secondary N) is 1. The van der Waals surface area contributed by atoms with Crippen molar-refractivity contribution in [3.8, 4) is 0 Å². The van der Waals surface area contributed by atoms with Crippen molar-refractivity contribution in [3.63, 3.8) is 0 Å². The van der Waals surface area contributed by atoms with Crippen molar-refractivity contribution >= 4 is 29.0 Å². The molecular formula is C11H10Cl2N4O3. The molecule has 0 fully saturated rings. The molecule has 2 aromatic rings. The maximum absolute atomic E-state index is 9.09. The number of hydrogen-bond acceptors (Lipinski definition) is 6. The largest absolute Gasteiger partial charge is 0.390 e. The fraction of sp³-hybridized carbons (Fsp3) is 0.182. The van der Waals surface area contributed by atoms with Crippen molar-refractivity contribution in [2.45, 2.75) is 13.2 Å². The van der Waals surface area contributed by atoms with Crippen molar-refractivity contribution in [3.05, 3.63) is 45.2 Å². The van der Waals surface area contributed by atoms with Crippen LogP contribution in [0.4, 0.5) is 0 Å². The molecule has 0 amide bonds. The van der Waals surface area contributed by atoms with Crippen LogP contribution in [0.2, 0.25) is 10.0 Å². The molecule has 0 atom stereocenters. The minimum atomic E-state index is -0.391. The van der Waals surface area contributed by atoms with E-state index in [2.05, 4.69) is 19.9 Å². The summed E-state index contributed by atoms with van der Waals surface area (Å²) in [7, 11) is 0. The molecule has 0 aliphatic rings. The molecule has 7 nitrogen and oxygen atoms in total. The Kier molecular flexibility index (Phi) is 4.91. The summed E-state index contributed by atoms with van der Waals surface area (Å²) in [5.74, 6) is 0.00587. The number of benzene rings is 1. The summed E-state index contributed by atoms with van der Waals surface area (Å²) in [6.07, 6.45) is 0. The van der Waals surface area contributed by atoms with Gasteiger partial charge in [0.15, 0.2) is 11.5 Å². The third-order valence-corrected chi connectivity index (χ3v) is 3.06. The molecule has 106 valence electrons. The van der Waals surface area contributed by atoms with Crippen LogP contribution in [0, 0.1) is 0 Å². The first kappa shape index (κ1) is 14.7. The third kappa shape index (κ3) is 3.26. The summed E-state index contributed by atoms with van der Waals surface area (Å²) in [4.78, 5) is 4.10. The number of amidine groups is 1. The molecule has 1 heterocycles. The smallest absolute Gasteiger partial charge is 0.177 e. The molecule has 0 saturated heterocycles. The van der Waals surface area contributed by atoms with E-state index >= 15 is 0 Å². The second kappa shape index (κ2) is 6.67. The highest BCUT2D eigenvalue weighted by molar-refractivity contribution is 6.33. The van der Waals surface area contributed by atoms with Crippen LogP contribution in [-0.4, -0.2) is 26.5 Å². The summed E-state index contributed by atoms with van der Waals surface area (Å²) >= 11 is 11.9. The first-order valence-corrected chi connectivity index (χ1v) is 6.22. The standard InChI is InChI=1S/C11H10Cl2N4O3/c12-7-1-2-8(13)6(3-7)4-14-11(15-19)10-9(5-18)16-20-17-10/h1-3,18-19H,4-5H2,(H,14,15). The lowest BCUT2D eigenvalue weighted by molar-refractivity contribution is 0.233. The predicted octanol–water partition coefficient (Wildman–Crippen LogP) is 1.79. The Balaban J connectivity index is 2.26. The van der Waals surface area contributed by atoms with Crippen LogP contribution >= 0.6 is 23.2 Å². The SMILES string of the molecule is OCc1nonc1C(=NCc1cc(Cl)ccc1Cl)NO. The molecule has 0 saturated carbocycles. The van der Waals surface area contributed by atoms with Crippen molar-refractivity contribution in [2.75, 3.05) is 0 Å². The van der Waals surface area contributed by atoms with E-state index < -0.39 is 6.61 Å². The van der Waals surface area contributed by atoms with Gasteiger partial charge in [0.2, 0.25) is 0 Å². The fourth-order valence-electron chi connectivity index (χ4n) is 1.48. The molecule has 9 heteroatoms. The van der Waals surface area contributed by atoms with Gasteiger partial charge in [0, 0.05) is 10.0 Å². The molecule has 1 aromatic carbocycles. The molecule has 0 bridgehead atoms. The van der Waals surface area contributed by atoms with E-state index in [1.54, 1.807) is 18.2 Å². The Hall–Kier alpha value is -1.67. The number of hydrogen-bond donors (Lipinski definition) is 3. The highest BCUT2D eigenvalue weighted by atomic mass is 35.5. The molecule has 1 aromatic heterocycles. The average molecular weight is 317 g/mol. The van der Waals surface area contributed by atoms with Crippen molar-refractivity contribution < 1.29 is 14.9 Å². The molecule has 0 aliphatic carbocycles. The number of aromatic nitrogens is 2. The van der Waals surface area contributed by atoms with Crippen molar-refractivity contribution in [1.82, 2.24) is 15.8 Å². The molecule has 3 N–H and O–H groups in total. The van der Waals surface area contributed by atoms with E-state index in [4.69, 9.17) is 33.5 Å². The van der Waals surface area contributed by atoms with Gasteiger partial charge in [-0.1, -0.05) is 28.4 Å². The van der Waals surface area contributed by atoms with Gasteiger partial charge in [-0.15, -0.1) is 0 Å². The van der Waals surface area contributed by atoms with Crippen LogP contribution < -0.4 is 5.48 Å². The zero-order valence-corrected chi connectivity index (χ0v) is 11.6. The van der Waals surface area contributed by atoms with Crippen LogP contribution in [0.5, 0.6) is 0 Å². The van der Waals surface area contributed by atoms with Crippen molar-refractivity contribution in [2.24, 2.45) is 4.99 Å². The Morgan fingerprint density at radius 2 is 2.15 bits per heavy atom. The molecule has 0 aliphatic heterocycles. The molecule has 20 heavy (non-hydrogen) atoms. The van der Waals surface area contributed by atoms with Gasteiger partial charge < -0.3 is 5.11 Å². The van der Waals surface area contributed by atoms with Crippen LogP contribution in [-0.2, 0) is 13.2 Å². The number of nitrogens with zero attached hydrogens (tertiary/aromatic N) is 3. The summed E-state index contributed by atoms with van der Waals surface area (Å²) in [6, 6.07) is 4.97. The number of aliphatic hydroxyl groups excluding tert-OH is 1. The second-order valence-corrected chi connectivity index (χ2v) is 4.57. The van der Waals surface area contributed by atoms with E-state index in [9.17, 15) is 0 Å². The maximum atomic E-state index is 9.09. The highest BCUT2D eigenvalue weighted by Gasteiger charge is 2.15. The minimum absolute atomic E-state index is 0.00587. The van der Waals surface area contributed by atoms with E-state index in [0.29, 0.717) is 15.6 Å². The molecule has 0 unspecified atom stereocenters. The number of hydroxylamine groups is 1. The van der Waals surface area contributed by atoms with Gasteiger partial charge in [-0.2, -0.15) is 0 Å². The van der Waals surface area contributed by atoms with Gasteiger partial charge in [-0.3, -0.25) is 15.7 Å². The van der Waals surface area contributed by atoms with Crippen LogP contribution in [0.15, 0.2) is 27.8 Å². The quantitative estimate of drug-likeness (QED) is 0.451. The normalized spacial score (nSPS) is 11.7. The topological polar surface area (TPSA) is 104 Å². The monoisotopic (exact) mass is 316 g/mol. The van der Waals surface area contributed by atoms with Gasteiger partial charge in [0.1, 0.15) is 5.69 Å². The second-order valence-electron chi connectivity index (χ2n) is 3.73. The van der Waals surface area contributed by atoms with Gasteiger partial charge in [0.25, 0.3) is 0 Å². The lowest BCUT2D eigenvalue weighted by atomic mass is 10.2. The Labute approximate surface area is 123 Å². The summed E-state index contributed by atoms with van der Waals surface area (Å²) in [5, 5.41) is 26.2. The van der Waals surface area contributed by atoms with Gasteiger partial charge in [-0.25, -0.2) is 4.63 Å². The van der Waals surface area contributed by atoms with Gasteiger partial charge in [0.05, 0.1) is 13.2 Å². The summed E-state index contributed by atoms with van der Waals surface area (Å²) < 4.78 is 4.48.